The van der Waals surface area contributed by atoms with E-state index >= 15 is 0 Å². The first-order valence-corrected chi connectivity index (χ1v) is 7.48. The highest BCUT2D eigenvalue weighted by Gasteiger charge is 2.38. The van der Waals surface area contributed by atoms with E-state index in [4.69, 9.17) is 10.5 Å². The summed E-state index contributed by atoms with van der Waals surface area (Å²) in [6.45, 7) is 8.69. The molecule has 0 heterocycles. The first-order valence-electron chi connectivity index (χ1n) is 7.48. The minimum absolute atomic E-state index is 0.200. The largest absolute Gasteiger partial charge is 0.491 e. The maximum Gasteiger partial charge on any atom is 0.120 e. The van der Waals surface area contributed by atoms with Gasteiger partial charge in [0, 0.05) is 5.54 Å². The summed E-state index contributed by atoms with van der Waals surface area (Å²) in [7, 11) is 0. The van der Waals surface area contributed by atoms with Gasteiger partial charge >= 0.3 is 0 Å². The molecule has 1 aromatic rings. The summed E-state index contributed by atoms with van der Waals surface area (Å²) in [6, 6.07) is 8.37. The van der Waals surface area contributed by atoms with E-state index < -0.39 is 0 Å². The quantitative estimate of drug-likeness (QED) is 0.889. The molecule has 0 saturated heterocycles. The summed E-state index contributed by atoms with van der Waals surface area (Å²) in [5.41, 5.74) is 7.78. The number of ether oxygens (including phenoxy) is 1. The van der Waals surface area contributed by atoms with E-state index in [0.29, 0.717) is 11.8 Å². The van der Waals surface area contributed by atoms with Gasteiger partial charge in [-0.1, -0.05) is 32.4 Å². The van der Waals surface area contributed by atoms with Gasteiger partial charge in [0.25, 0.3) is 0 Å². The minimum Gasteiger partial charge on any atom is -0.491 e. The van der Waals surface area contributed by atoms with Gasteiger partial charge in [0.2, 0.25) is 0 Å². The predicted octanol–water partition coefficient (Wildman–Crippen LogP) is 4.08. The van der Waals surface area contributed by atoms with Gasteiger partial charge in [-0.05, 0) is 56.2 Å². The van der Waals surface area contributed by atoms with Crippen molar-refractivity contribution in [1.29, 1.82) is 0 Å². The summed E-state index contributed by atoms with van der Waals surface area (Å²) in [5.74, 6) is 2.16. The molecule has 2 N–H and O–H groups in total. The van der Waals surface area contributed by atoms with Crippen LogP contribution in [0.1, 0.15) is 52.5 Å². The Labute approximate surface area is 117 Å². The molecule has 0 radical (unpaired) electrons. The molecule has 0 amide bonds. The summed E-state index contributed by atoms with van der Waals surface area (Å²) in [4.78, 5) is 0. The van der Waals surface area contributed by atoms with Crippen LogP contribution in [0.2, 0.25) is 0 Å². The van der Waals surface area contributed by atoms with Crippen molar-refractivity contribution in [2.75, 3.05) is 0 Å². The van der Waals surface area contributed by atoms with Crippen molar-refractivity contribution in [2.24, 2.45) is 17.6 Å². The van der Waals surface area contributed by atoms with Crippen LogP contribution in [0.4, 0.5) is 0 Å². The fourth-order valence-electron chi connectivity index (χ4n) is 3.21. The van der Waals surface area contributed by atoms with Crippen molar-refractivity contribution in [3.8, 4) is 5.75 Å². The highest BCUT2D eigenvalue weighted by molar-refractivity contribution is 5.34. The SMILES string of the molecule is CC1CCC(C)C(N)(c2cccc(OC(C)C)c2)C1. The third-order valence-electron chi connectivity index (χ3n) is 4.40. The summed E-state index contributed by atoms with van der Waals surface area (Å²) >= 11 is 0. The standard InChI is InChI=1S/C17H27NO/c1-12(2)19-16-7-5-6-15(10-16)17(18)11-13(3)8-9-14(17)4/h5-7,10,12-14H,8-9,11,18H2,1-4H3. The number of rotatable bonds is 3. The molecule has 1 fully saturated rings. The molecule has 2 rings (SSSR count). The van der Waals surface area contributed by atoms with E-state index in [1.807, 2.05) is 6.07 Å². The van der Waals surface area contributed by atoms with Crippen LogP contribution < -0.4 is 10.5 Å². The third kappa shape index (κ3) is 3.11. The molecule has 106 valence electrons. The average molecular weight is 261 g/mol. The molecule has 1 aromatic carbocycles. The van der Waals surface area contributed by atoms with Crippen LogP contribution in [0.15, 0.2) is 24.3 Å². The number of benzene rings is 1. The summed E-state index contributed by atoms with van der Waals surface area (Å²) < 4.78 is 5.80. The van der Waals surface area contributed by atoms with Crippen LogP contribution in [-0.4, -0.2) is 6.10 Å². The van der Waals surface area contributed by atoms with Gasteiger partial charge in [-0.2, -0.15) is 0 Å². The van der Waals surface area contributed by atoms with E-state index in [-0.39, 0.29) is 11.6 Å². The van der Waals surface area contributed by atoms with Crippen molar-refractivity contribution < 1.29 is 4.74 Å². The number of hydrogen-bond acceptors (Lipinski definition) is 2. The Kier molecular flexibility index (Phi) is 4.19. The highest BCUT2D eigenvalue weighted by Crippen LogP contribution is 2.42. The Morgan fingerprint density at radius 1 is 1.26 bits per heavy atom. The van der Waals surface area contributed by atoms with Crippen LogP contribution in [0.25, 0.3) is 0 Å². The first-order chi connectivity index (χ1) is 8.91. The second-order valence-electron chi connectivity index (χ2n) is 6.52. The fraction of sp³-hybridized carbons (Fsp3) is 0.647. The van der Waals surface area contributed by atoms with E-state index in [9.17, 15) is 0 Å². The molecule has 0 bridgehead atoms. The Bertz CT molecular complexity index is 429. The third-order valence-corrected chi connectivity index (χ3v) is 4.40. The highest BCUT2D eigenvalue weighted by atomic mass is 16.5. The van der Waals surface area contributed by atoms with Gasteiger partial charge in [-0.15, -0.1) is 0 Å². The zero-order valence-corrected chi connectivity index (χ0v) is 12.6. The smallest absolute Gasteiger partial charge is 0.120 e. The Balaban J connectivity index is 2.28. The molecular weight excluding hydrogens is 234 g/mol. The molecule has 0 aromatic heterocycles. The van der Waals surface area contributed by atoms with Crippen molar-refractivity contribution >= 4 is 0 Å². The lowest BCUT2D eigenvalue weighted by atomic mass is 9.67. The second kappa shape index (κ2) is 5.54. The van der Waals surface area contributed by atoms with Gasteiger partial charge in [-0.25, -0.2) is 0 Å². The lowest BCUT2D eigenvalue weighted by molar-refractivity contribution is 0.161. The normalized spacial score (nSPS) is 31.5. The van der Waals surface area contributed by atoms with Gasteiger partial charge in [0.1, 0.15) is 5.75 Å². The van der Waals surface area contributed by atoms with E-state index in [0.717, 1.165) is 12.2 Å². The summed E-state index contributed by atoms with van der Waals surface area (Å²) in [6.07, 6.45) is 3.78. The summed E-state index contributed by atoms with van der Waals surface area (Å²) in [5, 5.41) is 0. The number of hydrogen-bond donors (Lipinski definition) is 1. The molecule has 1 saturated carbocycles. The molecule has 1 aliphatic rings. The lowest BCUT2D eigenvalue weighted by Gasteiger charge is -2.43. The number of nitrogens with two attached hydrogens (primary N) is 1. The monoisotopic (exact) mass is 261 g/mol. The second-order valence-corrected chi connectivity index (χ2v) is 6.52. The van der Waals surface area contributed by atoms with Gasteiger partial charge in [0.15, 0.2) is 0 Å². The van der Waals surface area contributed by atoms with E-state index in [2.05, 4.69) is 45.9 Å². The topological polar surface area (TPSA) is 35.2 Å². The Morgan fingerprint density at radius 3 is 2.68 bits per heavy atom. The maximum absolute atomic E-state index is 6.76. The Morgan fingerprint density at radius 2 is 2.00 bits per heavy atom. The van der Waals surface area contributed by atoms with Gasteiger partial charge in [0.05, 0.1) is 6.10 Å². The van der Waals surface area contributed by atoms with Crippen molar-refractivity contribution in [2.45, 2.75) is 58.6 Å². The van der Waals surface area contributed by atoms with Gasteiger partial charge < -0.3 is 10.5 Å². The van der Waals surface area contributed by atoms with Crippen LogP contribution >= 0.6 is 0 Å². The first kappa shape index (κ1) is 14.4. The maximum atomic E-state index is 6.76. The van der Waals surface area contributed by atoms with Crippen molar-refractivity contribution in [3.05, 3.63) is 29.8 Å². The predicted molar refractivity (Wildman–Crippen MR) is 80.3 cm³/mol. The molecule has 19 heavy (non-hydrogen) atoms. The molecule has 3 atom stereocenters. The fourth-order valence-corrected chi connectivity index (χ4v) is 3.21. The molecule has 2 heteroatoms. The molecular formula is C17H27NO. The van der Waals surface area contributed by atoms with Gasteiger partial charge in [-0.3, -0.25) is 0 Å². The zero-order valence-electron chi connectivity index (χ0n) is 12.6. The van der Waals surface area contributed by atoms with Crippen LogP contribution in [-0.2, 0) is 5.54 Å². The molecule has 3 unspecified atom stereocenters. The van der Waals surface area contributed by atoms with E-state index in [1.165, 1.54) is 18.4 Å². The van der Waals surface area contributed by atoms with Crippen molar-refractivity contribution in [3.63, 3.8) is 0 Å². The lowest BCUT2D eigenvalue weighted by Crippen LogP contribution is -2.47. The molecule has 2 nitrogen and oxygen atoms in total. The minimum atomic E-state index is -0.200. The zero-order chi connectivity index (χ0) is 14.0. The van der Waals surface area contributed by atoms with E-state index in [1.54, 1.807) is 0 Å². The molecule has 0 spiro atoms. The molecule has 0 aliphatic heterocycles. The van der Waals surface area contributed by atoms with Crippen LogP contribution in [0.5, 0.6) is 5.75 Å². The van der Waals surface area contributed by atoms with Crippen LogP contribution in [0.3, 0.4) is 0 Å². The Hall–Kier alpha value is -1.02. The van der Waals surface area contributed by atoms with Crippen molar-refractivity contribution in [1.82, 2.24) is 0 Å². The molecule has 1 aliphatic carbocycles. The average Bonchev–Trinajstić information content (AvgIpc) is 2.34. The van der Waals surface area contributed by atoms with Crippen LogP contribution in [0, 0.1) is 11.8 Å².